The molecule has 13 heteroatoms. The maximum atomic E-state index is 13.2. The Labute approximate surface area is 201 Å². The van der Waals surface area contributed by atoms with Crippen LogP contribution >= 0.6 is 12.2 Å². The zero-order valence-electron chi connectivity index (χ0n) is 18.3. The molecule has 2 N–H and O–H groups in total. The Morgan fingerprint density at radius 1 is 1.11 bits per heavy atom. The average Bonchev–Trinajstić information content (AvgIpc) is 3.21. The van der Waals surface area contributed by atoms with Gasteiger partial charge in [-0.15, -0.1) is 0 Å². The molecule has 1 aliphatic heterocycles. The Morgan fingerprint density at radius 2 is 1.77 bits per heavy atom. The molecule has 2 fully saturated rings. The lowest BCUT2D eigenvalue weighted by Gasteiger charge is -2.30. The molecular formula is C22H20F6N6S. The summed E-state index contributed by atoms with van der Waals surface area (Å²) in [5.41, 5.74) is -2.53. The van der Waals surface area contributed by atoms with E-state index in [0.717, 1.165) is 24.0 Å². The van der Waals surface area contributed by atoms with Crippen molar-refractivity contribution >= 4 is 39.9 Å². The molecule has 2 aliphatic rings. The van der Waals surface area contributed by atoms with Crippen molar-refractivity contribution in [3.8, 4) is 0 Å². The second kappa shape index (κ2) is 7.97. The first-order chi connectivity index (χ1) is 16.4. The maximum absolute atomic E-state index is 13.2. The van der Waals surface area contributed by atoms with Gasteiger partial charge in [0.25, 0.3) is 0 Å². The monoisotopic (exact) mass is 514 g/mol. The zero-order valence-corrected chi connectivity index (χ0v) is 19.2. The van der Waals surface area contributed by atoms with Gasteiger partial charge in [-0.05, 0) is 49.3 Å². The molecule has 1 saturated heterocycles. The van der Waals surface area contributed by atoms with E-state index in [2.05, 4.69) is 25.2 Å². The standard InChI is InChI=1S/C22H20F6N6S/c1-33(18-15-2-5-29-17(15)30-11-31-18)16-9-34(10-20(16)3-4-20)19(35)32-14-7-12(21(23,24)25)6-13(8-14)22(26,27)28/h2,5-8,11,16H,3-4,9-10H2,1H3,(H,32,35)(H,29,30,31). The third-order valence-corrected chi connectivity index (χ3v) is 7.12. The fraction of sp³-hybridized carbons (Fsp3) is 0.409. The molecule has 3 aromatic rings. The minimum absolute atomic E-state index is 0.00231. The van der Waals surface area contributed by atoms with Crippen molar-refractivity contribution in [1.82, 2.24) is 19.9 Å². The van der Waals surface area contributed by atoms with Crippen molar-refractivity contribution in [2.24, 2.45) is 5.41 Å². The predicted octanol–water partition coefficient (Wildman–Crippen LogP) is 5.29. The molecule has 0 bridgehead atoms. The maximum Gasteiger partial charge on any atom is 0.416 e. The van der Waals surface area contributed by atoms with Crippen molar-refractivity contribution < 1.29 is 26.3 Å². The molecule has 0 radical (unpaired) electrons. The van der Waals surface area contributed by atoms with Crippen molar-refractivity contribution in [3.05, 3.63) is 47.9 Å². The first kappa shape index (κ1) is 23.6. The second-order valence-corrected chi connectivity index (χ2v) is 9.42. The van der Waals surface area contributed by atoms with Crippen LogP contribution in [0, 0.1) is 5.41 Å². The Hall–Kier alpha value is -3.09. The van der Waals surface area contributed by atoms with Crippen LogP contribution in [-0.2, 0) is 12.4 Å². The quantitative estimate of drug-likeness (QED) is 0.366. The van der Waals surface area contributed by atoms with Crippen LogP contribution in [0.2, 0.25) is 0 Å². The van der Waals surface area contributed by atoms with Crippen LogP contribution in [0.4, 0.5) is 37.8 Å². The van der Waals surface area contributed by atoms with Crippen molar-refractivity contribution in [1.29, 1.82) is 0 Å². The summed E-state index contributed by atoms with van der Waals surface area (Å²) in [7, 11) is 1.92. The number of H-pyrrole nitrogens is 1. The number of likely N-dealkylation sites (N-methyl/N-ethyl adjacent to an activating group) is 1. The number of aromatic amines is 1. The number of rotatable bonds is 3. The molecule has 6 nitrogen and oxygen atoms in total. The SMILES string of the molecule is CN(c1ncnc2[nH]ccc12)C1CN(C(=S)Nc2cc(C(F)(F)F)cc(C(F)(F)F)c2)CC12CC2. The molecule has 1 spiro atoms. The second-order valence-electron chi connectivity index (χ2n) is 9.03. The average molecular weight is 514 g/mol. The molecule has 1 atom stereocenters. The van der Waals surface area contributed by atoms with Crippen LogP contribution in [0.1, 0.15) is 24.0 Å². The van der Waals surface area contributed by atoms with E-state index in [4.69, 9.17) is 12.2 Å². The highest BCUT2D eigenvalue weighted by molar-refractivity contribution is 7.80. The lowest BCUT2D eigenvalue weighted by atomic mass is 9.99. The number of hydrogen-bond acceptors (Lipinski definition) is 4. The van der Waals surface area contributed by atoms with E-state index in [1.807, 2.05) is 13.1 Å². The smallest absolute Gasteiger partial charge is 0.354 e. The van der Waals surface area contributed by atoms with Gasteiger partial charge in [0.15, 0.2) is 5.11 Å². The molecule has 35 heavy (non-hydrogen) atoms. The summed E-state index contributed by atoms with van der Waals surface area (Å²) in [6.45, 7) is 0.990. The third kappa shape index (κ3) is 4.37. The largest absolute Gasteiger partial charge is 0.416 e. The highest BCUT2D eigenvalue weighted by Gasteiger charge is 2.57. The van der Waals surface area contributed by atoms with E-state index in [1.54, 1.807) is 11.1 Å². The van der Waals surface area contributed by atoms with E-state index >= 15 is 0 Å². The number of benzene rings is 1. The number of thiocarbonyl (C=S) groups is 1. The number of likely N-dealkylation sites (tertiary alicyclic amines) is 1. The van der Waals surface area contributed by atoms with Gasteiger partial charge in [-0.3, -0.25) is 0 Å². The summed E-state index contributed by atoms with van der Waals surface area (Å²) in [4.78, 5) is 15.5. The van der Waals surface area contributed by atoms with Gasteiger partial charge in [0, 0.05) is 37.4 Å². The minimum Gasteiger partial charge on any atom is -0.354 e. The molecule has 2 aromatic heterocycles. The highest BCUT2D eigenvalue weighted by atomic mass is 32.1. The van der Waals surface area contributed by atoms with Crippen molar-refractivity contribution in [2.75, 3.05) is 30.4 Å². The number of alkyl halides is 6. The third-order valence-electron chi connectivity index (χ3n) is 6.76. The minimum atomic E-state index is -4.93. The molecule has 1 saturated carbocycles. The Morgan fingerprint density at radius 3 is 2.37 bits per heavy atom. The van der Waals surface area contributed by atoms with Gasteiger partial charge in [0.2, 0.25) is 0 Å². The summed E-state index contributed by atoms with van der Waals surface area (Å²) in [6, 6.07) is 3.25. The van der Waals surface area contributed by atoms with Crippen LogP contribution in [0.25, 0.3) is 11.0 Å². The summed E-state index contributed by atoms with van der Waals surface area (Å²) in [5.74, 6) is 0.737. The first-order valence-corrected chi connectivity index (χ1v) is 11.1. The summed E-state index contributed by atoms with van der Waals surface area (Å²) in [5, 5.41) is 3.54. The molecular weight excluding hydrogens is 494 g/mol. The molecule has 186 valence electrons. The molecule has 1 aromatic carbocycles. The van der Waals surface area contributed by atoms with Gasteiger partial charge in [-0.25, -0.2) is 9.97 Å². The zero-order chi connectivity index (χ0) is 25.2. The number of fused-ring (bicyclic) bond motifs is 1. The number of anilines is 2. The fourth-order valence-electron chi connectivity index (χ4n) is 4.81. The summed E-state index contributed by atoms with van der Waals surface area (Å²) < 4.78 is 79.3. The fourth-order valence-corrected chi connectivity index (χ4v) is 5.07. The number of nitrogens with zero attached hydrogens (tertiary/aromatic N) is 4. The van der Waals surface area contributed by atoms with Gasteiger partial charge in [0.05, 0.1) is 22.6 Å². The number of halogens is 6. The van der Waals surface area contributed by atoms with E-state index < -0.39 is 23.5 Å². The lowest BCUT2D eigenvalue weighted by molar-refractivity contribution is -0.143. The highest BCUT2D eigenvalue weighted by Crippen LogP contribution is 2.55. The van der Waals surface area contributed by atoms with Crippen molar-refractivity contribution in [3.63, 3.8) is 0 Å². The van der Waals surface area contributed by atoms with Crippen LogP contribution in [-0.4, -0.2) is 51.1 Å². The summed E-state index contributed by atoms with van der Waals surface area (Å²) >= 11 is 5.42. The molecule has 1 aliphatic carbocycles. The van der Waals surface area contributed by atoms with Gasteiger partial charge in [-0.2, -0.15) is 26.3 Å². The normalized spacial score (nSPS) is 19.4. The number of nitrogens with one attached hydrogen (secondary N) is 2. The Kier molecular flexibility index (Phi) is 5.38. The molecule has 3 heterocycles. The van der Waals surface area contributed by atoms with Crippen molar-refractivity contribution in [2.45, 2.75) is 31.2 Å². The van der Waals surface area contributed by atoms with Gasteiger partial charge in [0.1, 0.15) is 17.8 Å². The van der Waals surface area contributed by atoms with Crippen LogP contribution in [0.3, 0.4) is 0 Å². The van der Waals surface area contributed by atoms with Gasteiger partial charge in [-0.1, -0.05) is 0 Å². The van der Waals surface area contributed by atoms with E-state index in [1.165, 1.54) is 6.33 Å². The van der Waals surface area contributed by atoms with Gasteiger partial charge >= 0.3 is 12.4 Å². The van der Waals surface area contributed by atoms with E-state index in [-0.39, 0.29) is 28.3 Å². The van der Waals surface area contributed by atoms with Crippen LogP contribution in [0.15, 0.2) is 36.8 Å². The predicted molar refractivity (Wildman–Crippen MR) is 122 cm³/mol. The molecule has 5 rings (SSSR count). The number of aromatic nitrogens is 3. The lowest BCUT2D eigenvalue weighted by Crippen LogP contribution is -2.40. The topological polar surface area (TPSA) is 60.1 Å². The Bertz CT molecular complexity index is 1250. The van der Waals surface area contributed by atoms with Gasteiger partial charge < -0.3 is 20.1 Å². The molecule has 0 amide bonds. The van der Waals surface area contributed by atoms with E-state index in [0.29, 0.717) is 30.9 Å². The van der Waals surface area contributed by atoms with Crippen LogP contribution in [0.5, 0.6) is 0 Å². The Balaban J connectivity index is 1.38. The number of hydrogen-bond donors (Lipinski definition) is 2. The van der Waals surface area contributed by atoms with E-state index in [9.17, 15) is 26.3 Å². The first-order valence-electron chi connectivity index (χ1n) is 10.7. The summed E-state index contributed by atoms with van der Waals surface area (Å²) in [6.07, 6.45) is -4.75. The molecule has 1 unspecified atom stereocenters. The van der Waals surface area contributed by atoms with Crippen LogP contribution < -0.4 is 10.2 Å².